The van der Waals surface area contributed by atoms with E-state index in [1.165, 1.54) is 0 Å². The summed E-state index contributed by atoms with van der Waals surface area (Å²) in [6.07, 6.45) is 3.03. The Morgan fingerprint density at radius 3 is 2.50 bits per heavy atom. The predicted molar refractivity (Wildman–Crippen MR) is 36.9 cm³/mol. The fourth-order valence-corrected chi connectivity index (χ4v) is 2.11. The minimum Gasteiger partial charge on any atom is -0.368 e. The highest BCUT2D eigenvalue weighted by molar-refractivity contribution is 5.85. The maximum Gasteiger partial charge on any atom is 0.237 e. The lowest BCUT2D eigenvalue weighted by Crippen LogP contribution is -2.52. The van der Waals surface area contributed by atoms with Crippen LogP contribution < -0.4 is 11.5 Å². The molecule has 3 heteroatoms. The minimum absolute atomic E-state index is 0.308. The number of primary amides is 1. The van der Waals surface area contributed by atoms with Crippen molar-refractivity contribution in [3.63, 3.8) is 0 Å². The first kappa shape index (κ1) is 6.16. The van der Waals surface area contributed by atoms with E-state index in [2.05, 4.69) is 0 Å². The van der Waals surface area contributed by atoms with Crippen LogP contribution in [0, 0.1) is 11.8 Å². The highest BCUT2D eigenvalue weighted by atomic mass is 16.1. The van der Waals surface area contributed by atoms with Gasteiger partial charge in [0.15, 0.2) is 0 Å². The fraction of sp³-hybridized carbons (Fsp3) is 0.857. The molecule has 3 atom stereocenters. The number of hydrogen-bond donors (Lipinski definition) is 2. The van der Waals surface area contributed by atoms with Gasteiger partial charge >= 0.3 is 0 Å². The van der Waals surface area contributed by atoms with E-state index in [1.807, 2.05) is 0 Å². The van der Waals surface area contributed by atoms with Gasteiger partial charge in [0.2, 0.25) is 5.91 Å². The van der Waals surface area contributed by atoms with E-state index in [4.69, 9.17) is 11.5 Å². The van der Waals surface area contributed by atoms with Gasteiger partial charge < -0.3 is 11.5 Å². The first-order chi connectivity index (χ1) is 4.64. The van der Waals surface area contributed by atoms with Crippen molar-refractivity contribution in [2.45, 2.75) is 24.8 Å². The Morgan fingerprint density at radius 2 is 2.30 bits per heavy atom. The zero-order valence-electron chi connectivity index (χ0n) is 5.84. The highest BCUT2D eigenvalue weighted by Crippen LogP contribution is 2.56. The van der Waals surface area contributed by atoms with Gasteiger partial charge in [0.1, 0.15) is 0 Å². The van der Waals surface area contributed by atoms with Crippen LogP contribution in [0.15, 0.2) is 0 Å². The van der Waals surface area contributed by atoms with Crippen LogP contribution in [0.4, 0.5) is 0 Å². The molecule has 2 aliphatic carbocycles. The summed E-state index contributed by atoms with van der Waals surface area (Å²) in [5, 5.41) is 0. The van der Waals surface area contributed by atoms with Crippen molar-refractivity contribution in [1.82, 2.24) is 0 Å². The van der Waals surface area contributed by atoms with E-state index in [0.717, 1.165) is 25.2 Å². The monoisotopic (exact) mass is 140 g/mol. The van der Waals surface area contributed by atoms with Crippen LogP contribution in [0.2, 0.25) is 0 Å². The Kier molecular flexibility index (Phi) is 0.944. The molecule has 0 aromatic heterocycles. The van der Waals surface area contributed by atoms with E-state index in [9.17, 15) is 4.79 Å². The maximum atomic E-state index is 10.9. The lowest BCUT2D eigenvalue weighted by atomic mass is 9.94. The number of carbonyl (C=O) groups is 1. The molecule has 56 valence electrons. The second-order valence-electron chi connectivity index (χ2n) is 3.55. The predicted octanol–water partition coefficient (Wildman–Crippen LogP) is -0.401. The number of carbonyl (C=O) groups excluding carboxylic acids is 1. The lowest BCUT2D eigenvalue weighted by molar-refractivity contribution is -0.123. The van der Waals surface area contributed by atoms with Gasteiger partial charge in [-0.15, -0.1) is 0 Å². The van der Waals surface area contributed by atoms with Gasteiger partial charge in [-0.3, -0.25) is 4.79 Å². The van der Waals surface area contributed by atoms with E-state index in [0.29, 0.717) is 5.92 Å². The molecule has 1 amide bonds. The molecule has 3 nitrogen and oxygen atoms in total. The SMILES string of the molecule is NC(=O)C1(N)CCC2CC21. The lowest BCUT2D eigenvalue weighted by Gasteiger charge is -2.20. The van der Waals surface area contributed by atoms with E-state index >= 15 is 0 Å². The third kappa shape index (κ3) is 0.560. The summed E-state index contributed by atoms with van der Waals surface area (Å²) in [5.41, 5.74) is 10.4. The molecule has 2 aliphatic rings. The molecule has 0 heterocycles. The normalized spacial score (nSPS) is 50.5. The zero-order valence-corrected chi connectivity index (χ0v) is 5.84. The molecule has 0 aromatic carbocycles. The molecule has 10 heavy (non-hydrogen) atoms. The van der Waals surface area contributed by atoms with Crippen molar-refractivity contribution < 1.29 is 4.79 Å². The summed E-state index contributed by atoms with van der Waals surface area (Å²) >= 11 is 0. The fourth-order valence-electron chi connectivity index (χ4n) is 2.11. The van der Waals surface area contributed by atoms with Crippen molar-refractivity contribution >= 4 is 5.91 Å². The average Bonchev–Trinajstić information content (AvgIpc) is 2.56. The van der Waals surface area contributed by atoms with Crippen LogP contribution >= 0.6 is 0 Å². The van der Waals surface area contributed by atoms with Crippen molar-refractivity contribution in [1.29, 1.82) is 0 Å². The number of amides is 1. The number of rotatable bonds is 1. The van der Waals surface area contributed by atoms with Gasteiger partial charge in [0.05, 0.1) is 5.54 Å². The van der Waals surface area contributed by atoms with E-state index < -0.39 is 5.54 Å². The summed E-state index contributed by atoms with van der Waals surface area (Å²) in [5.74, 6) is 0.833. The molecule has 2 rings (SSSR count). The minimum atomic E-state index is -0.634. The van der Waals surface area contributed by atoms with Crippen LogP contribution in [0.1, 0.15) is 19.3 Å². The molecule has 2 saturated carbocycles. The van der Waals surface area contributed by atoms with Gasteiger partial charge in [0.25, 0.3) is 0 Å². The molecule has 0 bridgehead atoms. The largest absolute Gasteiger partial charge is 0.368 e. The molecule has 0 radical (unpaired) electrons. The maximum absolute atomic E-state index is 10.9. The van der Waals surface area contributed by atoms with Crippen LogP contribution in [0.3, 0.4) is 0 Å². The Labute approximate surface area is 59.8 Å². The highest BCUT2D eigenvalue weighted by Gasteiger charge is 2.58. The van der Waals surface area contributed by atoms with Gasteiger partial charge in [-0.25, -0.2) is 0 Å². The Hall–Kier alpha value is -0.570. The number of hydrogen-bond acceptors (Lipinski definition) is 2. The Morgan fingerprint density at radius 1 is 1.60 bits per heavy atom. The molecule has 3 unspecified atom stereocenters. The molecular formula is C7H12N2O. The van der Waals surface area contributed by atoms with Crippen molar-refractivity contribution in [2.75, 3.05) is 0 Å². The van der Waals surface area contributed by atoms with Crippen molar-refractivity contribution in [3.05, 3.63) is 0 Å². The molecular weight excluding hydrogens is 128 g/mol. The van der Waals surface area contributed by atoms with Crippen LogP contribution in [0.25, 0.3) is 0 Å². The topological polar surface area (TPSA) is 69.1 Å². The van der Waals surface area contributed by atoms with Crippen LogP contribution in [-0.2, 0) is 4.79 Å². The molecule has 0 saturated heterocycles. The number of nitrogens with two attached hydrogens (primary N) is 2. The molecule has 0 spiro atoms. The van der Waals surface area contributed by atoms with Crippen molar-refractivity contribution in [3.8, 4) is 0 Å². The van der Waals surface area contributed by atoms with Crippen LogP contribution in [0.5, 0.6) is 0 Å². The van der Waals surface area contributed by atoms with Gasteiger partial charge in [-0.2, -0.15) is 0 Å². The van der Waals surface area contributed by atoms with E-state index in [-0.39, 0.29) is 5.91 Å². The van der Waals surface area contributed by atoms with Crippen LogP contribution in [-0.4, -0.2) is 11.4 Å². The average molecular weight is 140 g/mol. The van der Waals surface area contributed by atoms with Gasteiger partial charge in [-0.1, -0.05) is 0 Å². The van der Waals surface area contributed by atoms with Gasteiger partial charge in [0, 0.05) is 0 Å². The quantitative estimate of drug-likeness (QED) is 0.520. The summed E-state index contributed by atoms with van der Waals surface area (Å²) in [6, 6.07) is 0. The summed E-state index contributed by atoms with van der Waals surface area (Å²) in [6.45, 7) is 0. The summed E-state index contributed by atoms with van der Waals surface area (Å²) in [4.78, 5) is 10.9. The van der Waals surface area contributed by atoms with Crippen molar-refractivity contribution in [2.24, 2.45) is 23.3 Å². The smallest absolute Gasteiger partial charge is 0.237 e. The first-order valence-electron chi connectivity index (χ1n) is 3.73. The molecule has 4 N–H and O–H groups in total. The van der Waals surface area contributed by atoms with Gasteiger partial charge in [-0.05, 0) is 31.1 Å². The first-order valence-corrected chi connectivity index (χ1v) is 3.73. The summed E-state index contributed by atoms with van der Waals surface area (Å²) < 4.78 is 0. The zero-order chi connectivity index (χ0) is 7.35. The second kappa shape index (κ2) is 1.53. The standard InChI is InChI=1S/C7H12N2O/c8-6(10)7(9)2-1-4-3-5(4)7/h4-5H,1-3,9H2,(H2,8,10). The third-order valence-electron chi connectivity index (χ3n) is 2.97. The summed E-state index contributed by atoms with van der Waals surface area (Å²) in [7, 11) is 0. The Balaban J connectivity index is 2.21. The third-order valence-corrected chi connectivity index (χ3v) is 2.97. The second-order valence-corrected chi connectivity index (χ2v) is 3.55. The van der Waals surface area contributed by atoms with E-state index in [1.54, 1.807) is 0 Å². The molecule has 2 fully saturated rings. The Bertz CT molecular complexity index is 192. The number of fused-ring (bicyclic) bond motifs is 1. The molecule has 0 aliphatic heterocycles. The molecule has 0 aromatic rings.